The van der Waals surface area contributed by atoms with Gasteiger partial charge < -0.3 is 20.9 Å². The van der Waals surface area contributed by atoms with Crippen LogP contribution >= 0.6 is 0 Å². The Hall–Kier alpha value is -2.17. The van der Waals surface area contributed by atoms with Crippen molar-refractivity contribution in [3.05, 3.63) is 30.3 Å². The van der Waals surface area contributed by atoms with Crippen molar-refractivity contribution in [1.29, 1.82) is 0 Å². The van der Waals surface area contributed by atoms with Gasteiger partial charge in [-0.15, -0.1) is 0 Å². The number of hydrogen-bond acceptors (Lipinski definition) is 6. The zero-order valence-electron chi connectivity index (χ0n) is 15.1. The SMILES string of the molecule is CC(C)(C)OC(=O)NC(CCCN)C(=O)O.NS(=O)(=O)c1ccccc1. The van der Waals surface area contributed by atoms with Crippen LogP contribution < -0.4 is 16.2 Å². The molecule has 0 fully saturated rings. The minimum absolute atomic E-state index is 0.148. The van der Waals surface area contributed by atoms with E-state index >= 15 is 0 Å². The van der Waals surface area contributed by atoms with Crippen molar-refractivity contribution in [2.45, 2.75) is 50.2 Å². The molecule has 9 nitrogen and oxygen atoms in total. The first-order valence-electron chi connectivity index (χ1n) is 7.87. The maximum Gasteiger partial charge on any atom is 0.408 e. The van der Waals surface area contributed by atoms with E-state index in [-0.39, 0.29) is 4.90 Å². The summed E-state index contributed by atoms with van der Waals surface area (Å²) in [6.45, 7) is 5.52. The number of benzene rings is 1. The summed E-state index contributed by atoms with van der Waals surface area (Å²) in [6.07, 6.45) is 0.106. The maximum absolute atomic E-state index is 11.3. The highest BCUT2D eigenvalue weighted by Gasteiger charge is 2.23. The highest BCUT2D eigenvalue weighted by molar-refractivity contribution is 7.89. The normalized spacial score (nSPS) is 12.3. The van der Waals surface area contributed by atoms with Crippen LogP contribution in [0.5, 0.6) is 0 Å². The molecule has 1 aromatic carbocycles. The Labute approximate surface area is 153 Å². The predicted octanol–water partition coefficient (Wildman–Crippen LogP) is 1.04. The second-order valence-corrected chi connectivity index (χ2v) is 7.89. The number of aliphatic carboxylic acids is 1. The lowest BCUT2D eigenvalue weighted by Crippen LogP contribution is -2.43. The molecule has 26 heavy (non-hydrogen) atoms. The molecule has 0 radical (unpaired) electrons. The molecule has 0 saturated heterocycles. The summed E-state index contributed by atoms with van der Waals surface area (Å²) >= 11 is 0. The summed E-state index contributed by atoms with van der Waals surface area (Å²) in [5.41, 5.74) is 4.63. The van der Waals surface area contributed by atoms with Crippen molar-refractivity contribution in [3.8, 4) is 0 Å². The van der Waals surface area contributed by atoms with Crippen LogP contribution in [0.15, 0.2) is 35.2 Å². The van der Waals surface area contributed by atoms with Crippen LogP contribution in [-0.2, 0) is 19.6 Å². The molecule has 0 aliphatic rings. The number of nitrogens with two attached hydrogens (primary N) is 2. The number of hydrogen-bond donors (Lipinski definition) is 4. The minimum atomic E-state index is -3.50. The number of nitrogens with one attached hydrogen (secondary N) is 1. The van der Waals surface area contributed by atoms with Gasteiger partial charge in [0.15, 0.2) is 0 Å². The Morgan fingerprint density at radius 2 is 1.77 bits per heavy atom. The molecule has 0 spiro atoms. The second-order valence-electron chi connectivity index (χ2n) is 6.33. The Balaban J connectivity index is 0.000000531. The standard InChI is InChI=1S/C10H20N2O4.C6H7NO2S/c1-10(2,3)16-9(15)12-7(8(13)14)5-4-6-11;7-10(8,9)6-4-2-1-3-5-6/h7H,4-6,11H2,1-3H3,(H,12,15)(H,13,14);1-5H,(H2,7,8,9). The van der Waals surface area contributed by atoms with Gasteiger partial charge in [0, 0.05) is 0 Å². The Bertz CT molecular complexity index is 671. The van der Waals surface area contributed by atoms with E-state index in [1.165, 1.54) is 12.1 Å². The van der Waals surface area contributed by atoms with Crippen molar-refractivity contribution in [1.82, 2.24) is 5.32 Å². The lowest BCUT2D eigenvalue weighted by molar-refractivity contribution is -0.139. The van der Waals surface area contributed by atoms with Gasteiger partial charge in [0.25, 0.3) is 0 Å². The van der Waals surface area contributed by atoms with Crippen LogP contribution in [-0.4, -0.2) is 43.8 Å². The van der Waals surface area contributed by atoms with Crippen molar-refractivity contribution in [3.63, 3.8) is 0 Å². The van der Waals surface area contributed by atoms with Gasteiger partial charge in [0.2, 0.25) is 10.0 Å². The number of carbonyl (C=O) groups excluding carboxylic acids is 1. The van der Waals surface area contributed by atoms with Crippen LogP contribution in [0.25, 0.3) is 0 Å². The summed E-state index contributed by atoms with van der Waals surface area (Å²) < 4.78 is 26.2. The maximum atomic E-state index is 11.3. The third-order valence-corrected chi connectivity index (χ3v) is 3.69. The molecule has 1 atom stereocenters. The largest absolute Gasteiger partial charge is 0.480 e. The van der Waals surface area contributed by atoms with E-state index in [0.29, 0.717) is 19.4 Å². The van der Waals surface area contributed by atoms with Crippen LogP contribution in [0, 0.1) is 0 Å². The van der Waals surface area contributed by atoms with E-state index in [4.69, 9.17) is 20.7 Å². The molecule has 0 aliphatic carbocycles. The molecule has 0 saturated carbocycles. The van der Waals surface area contributed by atoms with E-state index in [9.17, 15) is 18.0 Å². The van der Waals surface area contributed by atoms with Gasteiger partial charge in [-0.05, 0) is 52.3 Å². The van der Waals surface area contributed by atoms with Crippen LogP contribution in [0.2, 0.25) is 0 Å². The van der Waals surface area contributed by atoms with Gasteiger partial charge in [-0.25, -0.2) is 23.1 Å². The fourth-order valence-corrected chi connectivity index (χ4v) is 2.18. The summed E-state index contributed by atoms with van der Waals surface area (Å²) in [4.78, 5) is 22.3. The number of sulfonamides is 1. The van der Waals surface area contributed by atoms with Gasteiger partial charge in [-0.3, -0.25) is 0 Å². The van der Waals surface area contributed by atoms with Gasteiger partial charge in [0.1, 0.15) is 11.6 Å². The van der Waals surface area contributed by atoms with Crippen LogP contribution in [0.3, 0.4) is 0 Å². The average molecular weight is 389 g/mol. The van der Waals surface area contributed by atoms with Crippen molar-refractivity contribution < 1.29 is 27.9 Å². The van der Waals surface area contributed by atoms with Crippen molar-refractivity contribution >= 4 is 22.1 Å². The number of carboxylic acids is 1. The second kappa shape index (κ2) is 10.7. The van der Waals surface area contributed by atoms with E-state index in [0.717, 1.165) is 0 Å². The third-order valence-electron chi connectivity index (χ3n) is 2.76. The molecule has 148 valence electrons. The lowest BCUT2D eigenvalue weighted by Gasteiger charge is -2.21. The fourth-order valence-electron chi connectivity index (χ4n) is 1.64. The molecular weight excluding hydrogens is 362 g/mol. The first-order valence-corrected chi connectivity index (χ1v) is 9.41. The molecule has 1 rings (SSSR count). The topological polar surface area (TPSA) is 162 Å². The smallest absolute Gasteiger partial charge is 0.408 e. The zero-order valence-corrected chi connectivity index (χ0v) is 16.0. The van der Waals surface area contributed by atoms with E-state index in [1.807, 2.05) is 0 Å². The predicted molar refractivity (Wildman–Crippen MR) is 96.9 cm³/mol. The summed E-state index contributed by atoms with van der Waals surface area (Å²) in [5, 5.41) is 16.0. The number of rotatable bonds is 6. The number of amides is 1. The molecular formula is C16H27N3O6S. The molecule has 0 heterocycles. The lowest BCUT2D eigenvalue weighted by atomic mass is 10.1. The first kappa shape index (κ1) is 23.8. The molecule has 1 amide bonds. The average Bonchev–Trinajstić information content (AvgIpc) is 2.50. The van der Waals surface area contributed by atoms with E-state index in [1.54, 1.807) is 39.0 Å². The van der Waals surface area contributed by atoms with Gasteiger partial charge in [-0.2, -0.15) is 0 Å². The molecule has 0 bridgehead atoms. The highest BCUT2D eigenvalue weighted by Crippen LogP contribution is 2.07. The first-order chi connectivity index (χ1) is 11.9. The Morgan fingerprint density at radius 3 is 2.12 bits per heavy atom. The molecule has 6 N–H and O–H groups in total. The van der Waals surface area contributed by atoms with E-state index < -0.39 is 33.7 Å². The van der Waals surface area contributed by atoms with Crippen LogP contribution in [0.1, 0.15) is 33.6 Å². The molecule has 0 aromatic heterocycles. The fraction of sp³-hybridized carbons (Fsp3) is 0.500. The van der Waals surface area contributed by atoms with Gasteiger partial charge in [0.05, 0.1) is 4.90 Å². The number of ether oxygens (including phenoxy) is 1. The van der Waals surface area contributed by atoms with E-state index in [2.05, 4.69) is 5.32 Å². The quantitative estimate of drug-likeness (QED) is 0.565. The summed E-state index contributed by atoms with van der Waals surface area (Å²) in [6, 6.07) is 6.94. The zero-order chi connectivity index (χ0) is 20.4. The molecule has 1 aromatic rings. The number of carbonyl (C=O) groups is 2. The summed E-state index contributed by atoms with van der Waals surface area (Å²) in [7, 11) is -3.50. The van der Waals surface area contributed by atoms with Crippen LogP contribution in [0.4, 0.5) is 4.79 Å². The monoisotopic (exact) mass is 389 g/mol. The third kappa shape index (κ3) is 11.4. The number of primary sulfonamides is 1. The van der Waals surface area contributed by atoms with Crippen molar-refractivity contribution in [2.75, 3.05) is 6.54 Å². The molecule has 10 heteroatoms. The minimum Gasteiger partial charge on any atom is -0.480 e. The summed E-state index contributed by atoms with van der Waals surface area (Å²) in [5.74, 6) is -1.08. The number of alkyl carbamates (subject to hydrolysis) is 1. The van der Waals surface area contributed by atoms with Gasteiger partial charge in [-0.1, -0.05) is 18.2 Å². The Morgan fingerprint density at radius 1 is 1.23 bits per heavy atom. The van der Waals surface area contributed by atoms with Gasteiger partial charge >= 0.3 is 12.1 Å². The molecule has 1 unspecified atom stereocenters. The number of carboxylic acid groups (broad SMARTS) is 1. The molecule has 0 aliphatic heterocycles. The Kier molecular flexibility index (Phi) is 9.84. The highest BCUT2D eigenvalue weighted by atomic mass is 32.2. The van der Waals surface area contributed by atoms with Crippen molar-refractivity contribution in [2.24, 2.45) is 10.9 Å².